The Labute approximate surface area is 188 Å². The lowest BCUT2D eigenvalue weighted by Gasteiger charge is -2.35. The number of phosphoric ester groups is 2. The van der Waals surface area contributed by atoms with Crippen LogP contribution in [0.5, 0.6) is 0 Å². The highest BCUT2D eigenvalue weighted by Gasteiger charge is 2.47. The molecule has 2 fully saturated rings. The summed E-state index contributed by atoms with van der Waals surface area (Å²) >= 11 is 0. The highest BCUT2D eigenvalue weighted by molar-refractivity contribution is 7.61. The van der Waals surface area contributed by atoms with E-state index in [-0.39, 0.29) is 0 Å². The van der Waals surface area contributed by atoms with E-state index in [1.807, 2.05) is 4.98 Å². The normalized spacial score (nSPS) is 37.7. The molecule has 4 unspecified atom stereocenters. The highest BCUT2D eigenvalue weighted by Crippen LogP contribution is 2.61. The van der Waals surface area contributed by atoms with Crippen LogP contribution in [-0.4, -0.2) is 101 Å². The minimum atomic E-state index is -5.47. The quantitative estimate of drug-likeness (QED) is 0.146. The van der Waals surface area contributed by atoms with E-state index in [2.05, 4.69) is 13.4 Å². The Morgan fingerprint density at radius 1 is 1.03 bits per heavy atom. The second-order valence-electron chi connectivity index (χ2n) is 7.23. The van der Waals surface area contributed by atoms with Crippen LogP contribution in [0.15, 0.2) is 21.9 Å². The third-order valence-corrected chi connectivity index (χ3v) is 7.36. The molecule has 2 saturated heterocycles. The van der Waals surface area contributed by atoms with Crippen LogP contribution in [0.4, 0.5) is 0 Å². The minimum Gasteiger partial charge on any atom is -0.388 e. The maximum atomic E-state index is 12.1. The van der Waals surface area contributed by atoms with Gasteiger partial charge >= 0.3 is 21.3 Å². The molecule has 10 atom stereocenters. The molecule has 0 spiro atoms. The first-order valence-corrected chi connectivity index (χ1v) is 12.4. The first-order valence-electron chi connectivity index (χ1n) is 9.39. The van der Waals surface area contributed by atoms with Gasteiger partial charge in [0.15, 0.2) is 12.5 Å². The van der Waals surface area contributed by atoms with Gasteiger partial charge in [-0.1, -0.05) is 0 Å². The molecular weight excluding hydrogens is 514 g/mol. The molecule has 194 valence electrons. The SMILES string of the molecule is O=c1ccn(C2O[C@H](COP(=O)(O)OP(=O)(O)OC3OC[C@@H](O)[C@H](O)[C@H]3O)[C@@H](O)[C@H]2O)c(=O)[nH]1. The summed E-state index contributed by atoms with van der Waals surface area (Å²) in [6.07, 6.45) is -13.0. The molecule has 3 heterocycles. The van der Waals surface area contributed by atoms with Gasteiger partial charge in [0.1, 0.15) is 36.6 Å². The molecule has 0 saturated carbocycles. The Hall–Kier alpha value is -1.34. The second kappa shape index (κ2) is 10.3. The van der Waals surface area contributed by atoms with Gasteiger partial charge < -0.3 is 44.8 Å². The zero-order valence-corrected chi connectivity index (χ0v) is 18.6. The van der Waals surface area contributed by atoms with Crippen LogP contribution in [0.2, 0.25) is 0 Å². The summed E-state index contributed by atoms with van der Waals surface area (Å²) in [7, 11) is -10.9. The smallest absolute Gasteiger partial charge is 0.388 e. The van der Waals surface area contributed by atoms with E-state index in [0.29, 0.717) is 0 Å². The lowest BCUT2D eigenvalue weighted by molar-refractivity contribution is -0.245. The van der Waals surface area contributed by atoms with Crippen molar-refractivity contribution < 1.29 is 67.3 Å². The molecule has 0 bridgehead atoms. The largest absolute Gasteiger partial charge is 0.483 e. The molecule has 18 nitrogen and oxygen atoms in total. The summed E-state index contributed by atoms with van der Waals surface area (Å²) in [6.45, 7) is -1.59. The Morgan fingerprint density at radius 3 is 2.35 bits per heavy atom. The predicted octanol–water partition coefficient (Wildman–Crippen LogP) is -4.15. The molecule has 2 aliphatic rings. The van der Waals surface area contributed by atoms with Gasteiger partial charge in [0.25, 0.3) is 5.56 Å². The standard InChI is InChI=1S/C14H22N2O16P2/c17-5-3-28-13(11(22)8(5)19)31-34(26,27)32-33(24,25)29-4-6-9(20)10(21)12(30-6)16-2-1-7(18)15-14(16)23/h1-2,5-6,8-13,17,19-22H,3-4H2,(H,24,25)(H,26,27)(H,15,18,23)/t5-,6-,8+,9-,10-,11-,12?,13?/m1/s1. The van der Waals surface area contributed by atoms with Gasteiger partial charge in [0, 0.05) is 12.3 Å². The number of phosphoric acid groups is 2. The van der Waals surface area contributed by atoms with Gasteiger partial charge in [-0.15, -0.1) is 0 Å². The van der Waals surface area contributed by atoms with E-state index in [4.69, 9.17) is 9.47 Å². The van der Waals surface area contributed by atoms with Crippen LogP contribution < -0.4 is 11.2 Å². The maximum Gasteiger partial charge on any atom is 0.483 e. The number of ether oxygens (including phenoxy) is 2. The van der Waals surface area contributed by atoms with Gasteiger partial charge in [-0.25, -0.2) is 13.9 Å². The molecule has 0 aliphatic carbocycles. The van der Waals surface area contributed by atoms with Crippen molar-refractivity contribution in [1.29, 1.82) is 0 Å². The van der Waals surface area contributed by atoms with Crippen molar-refractivity contribution in [3.8, 4) is 0 Å². The van der Waals surface area contributed by atoms with Crippen molar-refractivity contribution in [2.45, 2.75) is 49.1 Å². The zero-order valence-electron chi connectivity index (χ0n) is 16.8. The number of aliphatic hydroxyl groups is 5. The molecule has 8 N–H and O–H groups in total. The van der Waals surface area contributed by atoms with Crippen LogP contribution in [0.3, 0.4) is 0 Å². The fraction of sp³-hybridized carbons (Fsp3) is 0.714. The topological polar surface area (TPSA) is 277 Å². The van der Waals surface area contributed by atoms with Crippen LogP contribution in [-0.2, 0) is 32.0 Å². The molecule has 20 heteroatoms. The number of rotatable bonds is 8. The van der Waals surface area contributed by atoms with Crippen molar-refractivity contribution in [3.63, 3.8) is 0 Å². The molecule has 34 heavy (non-hydrogen) atoms. The summed E-state index contributed by atoms with van der Waals surface area (Å²) in [5.74, 6) is 0. The third kappa shape index (κ3) is 6.26. The first-order chi connectivity index (χ1) is 15.7. The first kappa shape index (κ1) is 27.3. The number of nitrogens with zero attached hydrogens (tertiary/aromatic N) is 1. The maximum absolute atomic E-state index is 12.1. The molecule has 1 aromatic heterocycles. The summed E-state index contributed by atoms with van der Waals surface area (Å²) in [5, 5.41) is 48.8. The average molecular weight is 536 g/mol. The van der Waals surface area contributed by atoms with Crippen molar-refractivity contribution in [2.75, 3.05) is 13.2 Å². The summed E-state index contributed by atoms with van der Waals surface area (Å²) in [5.41, 5.74) is -1.72. The van der Waals surface area contributed by atoms with E-state index >= 15 is 0 Å². The van der Waals surface area contributed by atoms with Crippen molar-refractivity contribution in [1.82, 2.24) is 9.55 Å². The zero-order chi connectivity index (χ0) is 25.4. The predicted molar refractivity (Wildman–Crippen MR) is 103 cm³/mol. The Kier molecular flexibility index (Phi) is 8.28. The highest BCUT2D eigenvalue weighted by atomic mass is 31.3. The van der Waals surface area contributed by atoms with Gasteiger partial charge in [-0.2, -0.15) is 4.31 Å². The van der Waals surface area contributed by atoms with Crippen LogP contribution in [0.25, 0.3) is 0 Å². The van der Waals surface area contributed by atoms with Crippen LogP contribution >= 0.6 is 15.6 Å². The summed E-state index contributed by atoms with van der Waals surface area (Å²) < 4.78 is 47.7. The Morgan fingerprint density at radius 2 is 1.71 bits per heavy atom. The average Bonchev–Trinajstić information content (AvgIpc) is 3.00. The fourth-order valence-corrected chi connectivity index (χ4v) is 5.24. The number of H-pyrrole nitrogens is 1. The Bertz CT molecular complexity index is 1080. The molecule has 1 aromatic rings. The number of aliphatic hydroxyl groups excluding tert-OH is 5. The number of aromatic nitrogens is 2. The summed E-state index contributed by atoms with van der Waals surface area (Å²) in [4.78, 5) is 44.3. The molecule has 0 radical (unpaired) electrons. The molecule has 3 rings (SSSR count). The minimum absolute atomic E-state index is 0.602. The molecule has 0 amide bonds. The van der Waals surface area contributed by atoms with Gasteiger partial charge in [-0.05, 0) is 0 Å². The summed E-state index contributed by atoms with van der Waals surface area (Å²) in [6, 6.07) is 0.939. The van der Waals surface area contributed by atoms with Crippen LogP contribution in [0.1, 0.15) is 6.23 Å². The van der Waals surface area contributed by atoms with E-state index in [1.54, 1.807) is 0 Å². The number of nitrogens with one attached hydrogen (secondary N) is 1. The fourth-order valence-electron chi connectivity index (χ4n) is 3.07. The second-order valence-corrected chi connectivity index (χ2v) is 10.2. The van der Waals surface area contributed by atoms with Gasteiger partial charge in [-0.3, -0.25) is 23.4 Å². The number of hydrogen-bond acceptors (Lipinski definition) is 14. The van der Waals surface area contributed by atoms with Crippen molar-refractivity contribution in [3.05, 3.63) is 33.1 Å². The van der Waals surface area contributed by atoms with Crippen LogP contribution in [0, 0.1) is 0 Å². The van der Waals surface area contributed by atoms with E-state index < -0.39 is 89.2 Å². The third-order valence-electron chi connectivity index (χ3n) is 4.76. The lowest BCUT2D eigenvalue weighted by atomic mass is 10.1. The van der Waals surface area contributed by atoms with E-state index in [9.17, 15) is 54.0 Å². The lowest BCUT2D eigenvalue weighted by Crippen LogP contribution is -2.53. The Balaban J connectivity index is 1.59. The number of hydrogen-bond donors (Lipinski definition) is 8. The van der Waals surface area contributed by atoms with Crippen molar-refractivity contribution in [2.24, 2.45) is 0 Å². The van der Waals surface area contributed by atoms with Crippen molar-refractivity contribution >= 4 is 15.6 Å². The number of aromatic amines is 1. The van der Waals surface area contributed by atoms with Gasteiger partial charge in [0.05, 0.1) is 13.2 Å². The monoisotopic (exact) mass is 536 g/mol. The van der Waals surface area contributed by atoms with E-state index in [0.717, 1.165) is 16.8 Å². The molecule has 0 aromatic carbocycles. The van der Waals surface area contributed by atoms with E-state index in [1.165, 1.54) is 0 Å². The molecular formula is C14H22N2O16P2. The molecule has 2 aliphatic heterocycles. The van der Waals surface area contributed by atoms with Gasteiger partial charge in [0.2, 0.25) is 0 Å².